The third-order valence-electron chi connectivity index (χ3n) is 2.84. The highest BCUT2D eigenvalue weighted by molar-refractivity contribution is 7.91. The molecule has 0 saturated heterocycles. The number of nitrogens with two attached hydrogens (primary N) is 1. The van der Waals surface area contributed by atoms with Gasteiger partial charge in [-0.3, -0.25) is 0 Å². The van der Waals surface area contributed by atoms with Gasteiger partial charge in [0.2, 0.25) is 0 Å². The van der Waals surface area contributed by atoms with Crippen molar-refractivity contribution in [2.75, 3.05) is 12.4 Å². The summed E-state index contributed by atoms with van der Waals surface area (Å²) in [5.74, 6) is 0.735. The Bertz CT molecular complexity index is 478. The molecule has 0 saturated carbocycles. The van der Waals surface area contributed by atoms with Crippen LogP contribution < -0.4 is 10.5 Å². The molecule has 0 heterocycles. The van der Waals surface area contributed by atoms with Crippen LogP contribution in [-0.4, -0.2) is 32.1 Å². The standard InChI is InChI=1S/C14H23NO3S/c1-11(2)19(16,17)9-8-18-14-6-4-13(5-7-14)10-12(3)15/h4-7,11-12H,8-10,15H2,1-3H3. The molecule has 0 bridgehead atoms. The summed E-state index contributed by atoms with van der Waals surface area (Å²) in [4.78, 5) is 0. The topological polar surface area (TPSA) is 69.4 Å². The summed E-state index contributed by atoms with van der Waals surface area (Å²) in [6.45, 7) is 5.50. The third kappa shape index (κ3) is 5.61. The predicted molar refractivity (Wildman–Crippen MR) is 78.2 cm³/mol. The first kappa shape index (κ1) is 16.0. The van der Waals surface area contributed by atoms with Crippen LogP contribution in [-0.2, 0) is 16.3 Å². The quantitative estimate of drug-likeness (QED) is 0.829. The van der Waals surface area contributed by atoms with Gasteiger partial charge in [0.15, 0.2) is 9.84 Å². The zero-order chi connectivity index (χ0) is 14.5. The predicted octanol–water partition coefficient (Wildman–Crippen LogP) is 1.78. The molecule has 2 N–H and O–H groups in total. The third-order valence-corrected chi connectivity index (χ3v) is 5.01. The Morgan fingerprint density at radius 3 is 2.21 bits per heavy atom. The van der Waals surface area contributed by atoms with E-state index in [2.05, 4.69) is 0 Å². The molecule has 0 amide bonds. The minimum absolute atomic E-state index is 0.0479. The van der Waals surface area contributed by atoms with Crippen molar-refractivity contribution in [3.8, 4) is 5.75 Å². The van der Waals surface area contributed by atoms with Gasteiger partial charge in [-0.15, -0.1) is 0 Å². The van der Waals surface area contributed by atoms with Crippen LogP contribution in [0.2, 0.25) is 0 Å². The Morgan fingerprint density at radius 1 is 1.16 bits per heavy atom. The van der Waals surface area contributed by atoms with E-state index in [9.17, 15) is 8.42 Å². The van der Waals surface area contributed by atoms with Crippen molar-refractivity contribution >= 4 is 9.84 Å². The highest BCUT2D eigenvalue weighted by Gasteiger charge is 2.15. The van der Waals surface area contributed by atoms with E-state index >= 15 is 0 Å². The van der Waals surface area contributed by atoms with Crippen molar-refractivity contribution in [2.24, 2.45) is 5.73 Å². The van der Waals surface area contributed by atoms with Crippen molar-refractivity contribution in [1.82, 2.24) is 0 Å². The molecule has 0 aliphatic rings. The largest absolute Gasteiger partial charge is 0.493 e. The molecule has 4 nitrogen and oxygen atoms in total. The van der Waals surface area contributed by atoms with Gasteiger partial charge in [-0.05, 0) is 44.9 Å². The van der Waals surface area contributed by atoms with Crippen LogP contribution in [0, 0.1) is 0 Å². The average molecular weight is 285 g/mol. The maximum Gasteiger partial charge on any atom is 0.155 e. The first-order valence-electron chi connectivity index (χ1n) is 6.50. The number of ether oxygens (including phenoxy) is 1. The van der Waals surface area contributed by atoms with Gasteiger partial charge in [0.25, 0.3) is 0 Å². The van der Waals surface area contributed by atoms with Crippen LogP contribution in [0.3, 0.4) is 0 Å². The molecule has 0 aromatic heterocycles. The van der Waals surface area contributed by atoms with Gasteiger partial charge in [0, 0.05) is 6.04 Å². The lowest BCUT2D eigenvalue weighted by Crippen LogP contribution is -2.22. The van der Waals surface area contributed by atoms with Gasteiger partial charge in [0.1, 0.15) is 12.4 Å². The van der Waals surface area contributed by atoms with Crippen LogP contribution >= 0.6 is 0 Å². The molecular weight excluding hydrogens is 262 g/mol. The molecule has 108 valence electrons. The maximum atomic E-state index is 11.6. The summed E-state index contributed by atoms with van der Waals surface area (Å²) in [6, 6.07) is 7.73. The van der Waals surface area contributed by atoms with E-state index in [1.165, 1.54) is 0 Å². The number of sulfone groups is 1. The van der Waals surface area contributed by atoms with Crippen LogP contribution in [0.1, 0.15) is 26.3 Å². The van der Waals surface area contributed by atoms with E-state index in [0.717, 1.165) is 12.0 Å². The van der Waals surface area contributed by atoms with Crippen molar-refractivity contribution in [1.29, 1.82) is 0 Å². The molecule has 5 heteroatoms. The zero-order valence-electron chi connectivity index (χ0n) is 11.8. The van der Waals surface area contributed by atoms with E-state index in [1.807, 2.05) is 31.2 Å². The fourth-order valence-electron chi connectivity index (χ4n) is 1.60. The van der Waals surface area contributed by atoms with Gasteiger partial charge in [-0.1, -0.05) is 12.1 Å². The van der Waals surface area contributed by atoms with Crippen molar-refractivity contribution < 1.29 is 13.2 Å². The summed E-state index contributed by atoms with van der Waals surface area (Å²) >= 11 is 0. The van der Waals surface area contributed by atoms with Crippen LogP contribution in [0.25, 0.3) is 0 Å². The normalized spacial score (nSPS) is 13.5. The van der Waals surface area contributed by atoms with E-state index in [-0.39, 0.29) is 23.7 Å². The van der Waals surface area contributed by atoms with Crippen molar-refractivity contribution in [3.05, 3.63) is 29.8 Å². The molecule has 19 heavy (non-hydrogen) atoms. The Balaban J connectivity index is 2.47. The van der Waals surface area contributed by atoms with Crippen molar-refractivity contribution in [2.45, 2.75) is 38.5 Å². The molecule has 1 aromatic rings. The van der Waals surface area contributed by atoms with Crippen LogP contribution in [0.15, 0.2) is 24.3 Å². The van der Waals surface area contributed by atoms with E-state index in [4.69, 9.17) is 10.5 Å². The van der Waals surface area contributed by atoms with Crippen LogP contribution in [0.4, 0.5) is 0 Å². The van der Waals surface area contributed by atoms with Gasteiger partial charge < -0.3 is 10.5 Å². The van der Waals surface area contributed by atoms with E-state index in [0.29, 0.717) is 5.75 Å². The van der Waals surface area contributed by atoms with E-state index in [1.54, 1.807) is 13.8 Å². The second kappa shape index (κ2) is 6.91. The molecule has 0 aliphatic carbocycles. The fraction of sp³-hybridized carbons (Fsp3) is 0.571. The molecule has 1 aromatic carbocycles. The first-order valence-corrected chi connectivity index (χ1v) is 8.21. The molecule has 0 radical (unpaired) electrons. The Kier molecular flexibility index (Phi) is 5.82. The molecule has 1 unspecified atom stereocenters. The minimum atomic E-state index is -3.03. The average Bonchev–Trinajstić information content (AvgIpc) is 2.30. The summed E-state index contributed by atoms with van der Waals surface area (Å²) < 4.78 is 28.6. The Hall–Kier alpha value is -1.07. The summed E-state index contributed by atoms with van der Waals surface area (Å²) in [6.07, 6.45) is 0.821. The zero-order valence-corrected chi connectivity index (χ0v) is 12.6. The number of benzene rings is 1. The molecular formula is C14H23NO3S. The van der Waals surface area contributed by atoms with Gasteiger partial charge in [-0.2, -0.15) is 0 Å². The SMILES string of the molecule is CC(N)Cc1ccc(OCCS(=O)(=O)C(C)C)cc1. The summed E-state index contributed by atoms with van der Waals surface area (Å²) in [7, 11) is -3.03. The smallest absolute Gasteiger partial charge is 0.155 e. The fourth-order valence-corrected chi connectivity index (χ4v) is 2.39. The highest BCUT2D eigenvalue weighted by atomic mass is 32.2. The van der Waals surface area contributed by atoms with Gasteiger partial charge in [-0.25, -0.2) is 8.42 Å². The number of hydrogen-bond acceptors (Lipinski definition) is 4. The Morgan fingerprint density at radius 2 is 1.74 bits per heavy atom. The lowest BCUT2D eigenvalue weighted by Gasteiger charge is -2.10. The lowest BCUT2D eigenvalue weighted by molar-refractivity contribution is 0.340. The summed E-state index contributed by atoms with van der Waals surface area (Å²) in [5.41, 5.74) is 6.87. The monoisotopic (exact) mass is 285 g/mol. The van der Waals surface area contributed by atoms with Crippen LogP contribution in [0.5, 0.6) is 5.75 Å². The molecule has 1 rings (SSSR count). The Labute approximate surface area is 115 Å². The number of rotatable bonds is 7. The molecule has 0 fully saturated rings. The molecule has 0 spiro atoms. The second-order valence-corrected chi connectivity index (χ2v) is 7.77. The second-order valence-electron chi connectivity index (χ2n) is 5.09. The first-order chi connectivity index (χ1) is 8.81. The number of hydrogen-bond donors (Lipinski definition) is 1. The van der Waals surface area contributed by atoms with E-state index < -0.39 is 9.84 Å². The van der Waals surface area contributed by atoms with Gasteiger partial charge in [0.05, 0.1) is 11.0 Å². The molecule has 1 atom stereocenters. The molecule has 0 aliphatic heterocycles. The summed E-state index contributed by atoms with van der Waals surface area (Å²) in [5, 5.41) is -0.357. The van der Waals surface area contributed by atoms with Crippen molar-refractivity contribution in [3.63, 3.8) is 0 Å². The van der Waals surface area contributed by atoms with Gasteiger partial charge >= 0.3 is 0 Å². The highest BCUT2D eigenvalue weighted by Crippen LogP contribution is 2.13. The lowest BCUT2D eigenvalue weighted by atomic mass is 10.1. The minimum Gasteiger partial charge on any atom is -0.493 e. The maximum absolute atomic E-state index is 11.6.